The second kappa shape index (κ2) is 11.8. The molecule has 10 heteroatoms. The molecule has 1 aliphatic rings. The minimum absolute atomic E-state index is 0.134. The maximum Gasteiger partial charge on any atom is 0.243 e. The number of hydrogen-bond donors (Lipinski definition) is 3. The van der Waals surface area contributed by atoms with Crippen LogP contribution in [0.15, 0.2) is 59.7 Å². The molecule has 1 aliphatic heterocycles. The van der Waals surface area contributed by atoms with Crippen LogP contribution in [0.3, 0.4) is 0 Å². The molecule has 1 unspecified atom stereocenters. The quantitative estimate of drug-likeness (QED) is 0.264. The number of carbonyl (C=O) groups is 2. The van der Waals surface area contributed by atoms with Crippen LogP contribution in [-0.2, 0) is 32.6 Å². The number of nitrogens with two attached hydrogens (primary N) is 1. The topological polar surface area (TPSA) is 134 Å². The zero-order valence-corrected chi connectivity index (χ0v) is 20.0. The Labute approximate surface area is 200 Å². The number of hydrogen-bond acceptors (Lipinski definition) is 6. The van der Waals surface area contributed by atoms with Gasteiger partial charge in [0.15, 0.2) is 0 Å². The fourth-order valence-electron chi connectivity index (χ4n) is 3.95. The molecule has 0 bridgehead atoms. The van der Waals surface area contributed by atoms with E-state index >= 15 is 0 Å². The minimum atomic E-state index is -3.62. The summed E-state index contributed by atoms with van der Waals surface area (Å²) >= 11 is 0. The standard InChI is InChI=1S/C24H31N5O4S/c1-2-34(32,33)28-21(15-18-7-4-3-5-8-18)24(31)29-14-6-9-22(29)23(30)26-16-19-10-12-20(13-11-19)17-27-25/h3-5,7-8,10-13,17,21-22,28H,2,6,9,14-16,25H2,1H3,(H,26,30)/t21?,22-/m0/s1. The minimum Gasteiger partial charge on any atom is -0.350 e. The number of benzene rings is 2. The van der Waals surface area contributed by atoms with Crippen LogP contribution in [0.5, 0.6) is 0 Å². The first-order valence-corrected chi connectivity index (χ1v) is 12.9. The fraction of sp³-hybridized carbons (Fsp3) is 0.375. The summed E-state index contributed by atoms with van der Waals surface area (Å²) in [6.45, 7) is 2.24. The Bertz CT molecular complexity index is 1100. The Morgan fingerprint density at radius 2 is 1.85 bits per heavy atom. The molecule has 0 saturated carbocycles. The van der Waals surface area contributed by atoms with Crippen molar-refractivity contribution in [3.63, 3.8) is 0 Å². The molecule has 0 spiro atoms. The first-order chi connectivity index (χ1) is 16.3. The van der Waals surface area contributed by atoms with E-state index < -0.39 is 22.1 Å². The van der Waals surface area contributed by atoms with Crippen molar-refractivity contribution >= 4 is 28.1 Å². The number of likely N-dealkylation sites (tertiary alicyclic amines) is 1. The first-order valence-electron chi connectivity index (χ1n) is 11.3. The molecule has 34 heavy (non-hydrogen) atoms. The van der Waals surface area contributed by atoms with E-state index in [0.29, 0.717) is 25.9 Å². The van der Waals surface area contributed by atoms with Gasteiger partial charge in [-0.1, -0.05) is 54.6 Å². The molecule has 2 atom stereocenters. The predicted octanol–water partition coefficient (Wildman–Crippen LogP) is 1.14. The van der Waals surface area contributed by atoms with Crippen LogP contribution in [0.4, 0.5) is 0 Å². The molecular formula is C24H31N5O4S. The summed E-state index contributed by atoms with van der Waals surface area (Å²) in [5, 5.41) is 6.38. The molecular weight excluding hydrogens is 454 g/mol. The van der Waals surface area contributed by atoms with Crippen molar-refractivity contribution in [3.05, 3.63) is 71.3 Å². The molecule has 9 nitrogen and oxygen atoms in total. The van der Waals surface area contributed by atoms with E-state index in [1.165, 1.54) is 18.0 Å². The molecule has 2 aromatic carbocycles. The lowest BCUT2D eigenvalue weighted by molar-refractivity contribution is -0.139. The third-order valence-electron chi connectivity index (χ3n) is 5.79. The summed E-state index contributed by atoms with van der Waals surface area (Å²) in [4.78, 5) is 27.9. The van der Waals surface area contributed by atoms with Gasteiger partial charge >= 0.3 is 0 Å². The van der Waals surface area contributed by atoms with Gasteiger partial charge in [0.25, 0.3) is 0 Å². The second-order valence-corrected chi connectivity index (χ2v) is 10.2. The van der Waals surface area contributed by atoms with Crippen molar-refractivity contribution in [1.29, 1.82) is 0 Å². The summed E-state index contributed by atoms with van der Waals surface area (Å²) in [6, 6.07) is 15.0. The maximum atomic E-state index is 13.4. The summed E-state index contributed by atoms with van der Waals surface area (Å²) in [6.07, 6.45) is 2.95. The number of amides is 2. The van der Waals surface area contributed by atoms with Gasteiger partial charge in [-0.15, -0.1) is 0 Å². The van der Waals surface area contributed by atoms with E-state index in [1.807, 2.05) is 54.6 Å². The third kappa shape index (κ3) is 6.88. The van der Waals surface area contributed by atoms with Crippen molar-refractivity contribution < 1.29 is 18.0 Å². The molecule has 1 saturated heterocycles. The van der Waals surface area contributed by atoms with Crippen LogP contribution in [0.1, 0.15) is 36.5 Å². The Balaban J connectivity index is 1.69. The van der Waals surface area contributed by atoms with Gasteiger partial charge in [0.2, 0.25) is 21.8 Å². The van der Waals surface area contributed by atoms with Crippen molar-refractivity contribution in [2.45, 2.75) is 44.8 Å². The third-order valence-corrected chi connectivity index (χ3v) is 7.19. The molecule has 1 fully saturated rings. The number of hydrazone groups is 1. The van der Waals surface area contributed by atoms with Gasteiger partial charge in [-0.05, 0) is 42.9 Å². The van der Waals surface area contributed by atoms with Crippen LogP contribution in [0, 0.1) is 0 Å². The fourth-order valence-corrected chi connectivity index (χ4v) is 4.73. The summed E-state index contributed by atoms with van der Waals surface area (Å²) in [5.41, 5.74) is 2.59. The van der Waals surface area contributed by atoms with E-state index in [2.05, 4.69) is 15.1 Å². The van der Waals surface area contributed by atoms with E-state index in [4.69, 9.17) is 5.84 Å². The molecule has 0 aliphatic carbocycles. The smallest absolute Gasteiger partial charge is 0.243 e. The van der Waals surface area contributed by atoms with Gasteiger partial charge in [-0.3, -0.25) is 9.59 Å². The number of carbonyl (C=O) groups excluding carboxylic acids is 2. The zero-order valence-electron chi connectivity index (χ0n) is 19.2. The largest absolute Gasteiger partial charge is 0.350 e. The van der Waals surface area contributed by atoms with Crippen LogP contribution in [0.2, 0.25) is 0 Å². The Morgan fingerprint density at radius 1 is 1.15 bits per heavy atom. The van der Waals surface area contributed by atoms with E-state index in [-0.39, 0.29) is 24.0 Å². The van der Waals surface area contributed by atoms with Crippen LogP contribution in [-0.4, -0.2) is 55.7 Å². The predicted molar refractivity (Wildman–Crippen MR) is 131 cm³/mol. The lowest BCUT2D eigenvalue weighted by Gasteiger charge is -2.28. The van der Waals surface area contributed by atoms with Crippen LogP contribution in [0.25, 0.3) is 0 Å². The number of nitrogens with one attached hydrogen (secondary N) is 2. The first kappa shape index (κ1) is 25.4. The Hall–Kier alpha value is -3.24. The van der Waals surface area contributed by atoms with Gasteiger partial charge in [0.1, 0.15) is 12.1 Å². The van der Waals surface area contributed by atoms with E-state index in [1.54, 1.807) is 0 Å². The molecule has 0 radical (unpaired) electrons. The Kier molecular flexibility index (Phi) is 8.78. The monoisotopic (exact) mass is 485 g/mol. The van der Waals surface area contributed by atoms with Gasteiger partial charge < -0.3 is 16.1 Å². The van der Waals surface area contributed by atoms with Gasteiger partial charge in [0.05, 0.1) is 12.0 Å². The Morgan fingerprint density at radius 3 is 2.50 bits per heavy atom. The molecule has 182 valence electrons. The number of sulfonamides is 1. The lowest BCUT2D eigenvalue weighted by Crippen LogP contribution is -2.54. The summed E-state index contributed by atoms with van der Waals surface area (Å²) in [5.74, 6) is 4.38. The highest BCUT2D eigenvalue weighted by atomic mass is 32.2. The van der Waals surface area contributed by atoms with Crippen molar-refractivity contribution in [3.8, 4) is 0 Å². The highest BCUT2D eigenvalue weighted by Gasteiger charge is 2.38. The number of rotatable bonds is 10. The molecule has 2 aromatic rings. The van der Waals surface area contributed by atoms with E-state index in [9.17, 15) is 18.0 Å². The lowest BCUT2D eigenvalue weighted by atomic mass is 10.0. The SMILES string of the molecule is CCS(=O)(=O)NC(Cc1ccccc1)C(=O)N1CCC[C@H]1C(=O)NCc1ccc(C=NN)cc1. The van der Waals surface area contributed by atoms with Gasteiger partial charge in [-0.25, -0.2) is 13.1 Å². The second-order valence-electron chi connectivity index (χ2n) is 8.19. The van der Waals surface area contributed by atoms with E-state index in [0.717, 1.165) is 16.7 Å². The van der Waals surface area contributed by atoms with Crippen LogP contribution >= 0.6 is 0 Å². The van der Waals surface area contributed by atoms with Crippen molar-refractivity contribution in [2.24, 2.45) is 10.9 Å². The highest BCUT2D eigenvalue weighted by Crippen LogP contribution is 2.20. The zero-order chi connectivity index (χ0) is 24.6. The molecule has 3 rings (SSSR count). The average molecular weight is 486 g/mol. The number of nitrogens with zero attached hydrogens (tertiary/aromatic N) is 2. The molecule has 2 amide bonds. The average Bonchev–Trinajstić information content (AvgIpc) is 3.33. The normalized spacial score (nSPS) is 17.1. The maximum absolute atomic E-state index is 13.4. The van der Waals surface area contributed by atoms with Gasteiger partial charge in [-0.2, -0.15) is 5.10 Å². The summed E-state index contributed by atoms with van der Waals surface area (Å²) < 4.78 is 27.1. The summed E-state index contributed by atoms with van der Waals surface area (Å²) in [7, 11) is -3.62. The van der Waals surface area contributed by atoms with Gasteiger partial charge in [0, 0.05) is 13.1 Å². The van der Waals surface area contributed by atoms with Crippen LogP contribution < -0.4 is 15.9 Å². The van der Waals surface area contributed by atoms with Crippen molar-refractivity contribution in [2.75, 3.05) is 12.3 Å². The van der Waals surface area contributed by atoms with Crippen molar-refractivity contribution in [1.82, 2.24) is 14.9 Å². The molecule has 1 heterocycles. The molecule has 0 aromatic heterocycles. The highest BCUT2D eigenvalue weighted by molar-refractivity contribution is 7.89. The molecule has 4 N–H and O–H groups in total.